The topological polar surface area (TPSA) is 122 Å². The van der Waals surface area contributed by atoms with Crippen LogP contribution in [-0.4, -0.2) is 19.4 Å². The molecule has 2 rings (SSSR count). The zero-order valence-corrected chi connectivity index (χ0v) is 13.2. The molecule has 23 heavy (non-hydrogen) atoms. The molecule has 0 saturated carbocycles. The second-order valence-electron chi connectivity index (χ2n) is 4.81. The van der Waals surface area contributed by atoms with E-state index in [0.717, 1.165) is 0 Å². The van der Waals surface area contributed by atoms with Crippen molar-refractivity contribution in [1.82, 2.24) is 0 Å². The third kappa shape index (κ3) is 4.13. The van der Waals surface area contributed by atoms with Gasteiger partial charge in [0.25, 0.3) is 10.0 Å². The summed E-state index contributed by atoms with van der Waals surface area (Å²) in [6, 6.07) is 9.81. The lowest BCUT2D eigenvalue weighted by Crippen LogP contribution is -2.14. The number of phenols is 1. The first kappa shape index (κ1) is 16.6. The molecule has 0 saturated heterocycles. The number of nitrogens with two attached hydrogens (primary N) is 1. The largest absolute Gasteiger partial charge is 0.506 e. The van der Waals surface area contributed by atoms with Gasteiger partial charge in [0, 0.05) is 23.9 Å². The maximum Gasteiger partial charge on any atom is 0.262 e. The Labute approximate surface area is 134 Å². The van der Waals surface area contributed by atoms with Gasteiger partial charge in [0.2, 0.25) is 5.91 Å². The molecule has 0 unspecified atom stereocenters. The molecule has 0 radical (unpaired) electrons. The first-order chi connectivity index (χ1) is 10.8. The molecule has 1 amide bonds. The van der Waals surface area contributed by atoms with Crippen molar-refractivity contribution in [3.05, 3.63) is 42.5 Å². The standard InChI is InChI=1S/C15H17N3O4S/c1-2-15(20)17-11-4-6-12(7-5-11)23(21,22)18-13-8-3-10(16)9-14(13)19/h3-9,18-19H,2,16H2,1H3,(H,17,20). The number of hydrogen-bond donors (Lipinski definition) is 4. The Balaban J connectivity index is 2.20. The summed E-state index contributed by atoms with van der Waals surface area (Å²) < 4.78 is 26.9. The van der Waals surface area contributed by atoms with Crippen molar-refractivity contribution in [3.63, 3.8) is 0 Å². The summed E-state index contributed by atoms with van der Waals surface area (Å²) in [5, 5.41) is 12.3. The van der Waals surface area contributed by atoms with E-state index in [9.17, 15) is 18.3 Å². The normalized spacial score (nSPS) is 11.0. The van der Waals surface area contributed by atoms with Crippen LogP contribution in [0.15, 0.2) is 47.4 Å². The highest BCUT2D eigenvalue weighted by atomic mass is 32.2. The number of aromatic hydroxyl groups is 1. The maximum atomic E-state index is 12.3. The fourth-order valence-corrected chi connectivity index (χ4v) is 2.88. The van der Waals surface area contributed by atoms with Crippen LogP contribution in [0.5, 0.6) is 5.75 Å². The number of nitrogen functional groups attached to an aromatic ring is 1. The number of nitrogens with one attached hydrogen (secondary N) is 2. The Morgan fingerprint density at radius 2 is 1.83 bits per heavy atom. The summed E-state index contributed by atoms with van der Waals surface area (Å²) in [4.78, 5) is 11.3. The molecule has 2 aromatic carbocycles. The van der Waals surface area contributed by atoms with E-state index in [1.807, 2.05) is 0 Å². The van der Waals surface area contributed by atoms with Gasteiger partial charge in [-0.3, -0.25) is 9.52 Å². The zero-order chi connectivity index (χ0) is 17.0. The van der Waals surface area contributed by atoms with Gasteiger partial charge in [0.1, 0.15) is 5.75 Å². The highest BCUT2D eigenvalue weighted by molar-refractivity contribution is 7.92. The molecule has 0 aromatic heterocycles. The maximum absolute atomic E-state index is 12.3. The van der Waals surface area contributed by atoms with Crippen LogP contribution < -0.4 is 15.8 Å². The summed E-state index contributed by atoms with van der Waals surface area (Å²) >= 11 is 0. The molecule has 0 aliphatic rings. The van der Waals surface area contributed by atoms with E-state index in [1.54, 1.807) is 6.92 Å². The molecule has 122 valence electrons. The average Bonchev–Trinajstić information content (AvgIpc) is 2.50. The Hall–Kier alpha value is -2.74. The summed E-state index contributed by atoms with van der Waals surface area (Å²) in [7, 11) is -3.86. The van der Waals surface area contributed by atoms with Crippen LogP contribution in [0.3, 0.4) is 0 Å². The lowest BCUT2D eigenvalue weighted by molar-refractivity contribution is -0.115. The fourth-order valence-electron chi connectivity index (χ4n) is 1.81. The molecule has 7 nitrogen and oxygen atoms in total. The summed E-state index contributed by atoms with van der Waals surface area (Å²) in [5.74, 6) is -0.425. The molecule has 2 aromatic rings. The van der Waals surface area contributed by atoms with E-state index in [0.29, 0.717) is 17.8 Å². The van der Waals surface area contributed by atoms with Crippen LogP contribution in [0.2, 0.25) is 0 Å². The van der Waals surface area contributed by atoms with E-state index in [2.05, 4.69) is 10.0 Å². The predicted octanol–water partition coefficient (Wildman–Crippen LogP) is 2.12. The first-order valence-electron chi connectivity index (χ1n) is 6.83. The van der Waals surface area contributed by atoms with Crippen molar-refractivity contribution >= 4 is 33.0 Å². The molecule has 8 heteroatoms. The minimum atomic E-state index is -3.86. The average molecular weight is 335 g/mol. The van der Waals surface area contributed by atoms with Gasteiger partial charge in [-0.05, 0) is 36.4 Å². The van der Waals surface area contributed by atoms with Gasteiger partial charge in [0.15, 0.2) is 0 Å². The van der Waals surface area contributed by atoms with Crippen molar-refractivity contribution in [3.8, 4) is 5.75 Å². The van der Waals surface area contributed by atoms with E-state index in [-0.39, 0.29) is 22.2 Å². The third-order valence-electron chi connectivity index (χ3n) is 3.04. The highest BCUT2D eigenvalue weighted by Gasteiger charge is 2.16. The quantitative estimate of drug-likeness (QED) is 0.492. The molecule has 0 fully saturated rings. The van der Waals surface area contributed by atoms with Crippen molar-refractivity contribution < 1.29 is 18.3 Å². The second-order valence-corrected chi connectivity index (χ2v) is 6.49. The third-order valence-corrected chi connectivity index (χ3v) is 4.42. The van der Waals surface area contributed by atoms with Gasteiger partial charge in [-0.1, -0.05) is 6.92 Å². The van der Waals surface area contributed by atoms with Crippen LogP contribution in [-0.2, 0) is 14.8 Å². The number of anilines is 3. The number of carbonyl (C=O) groups is 1. The molecule has 0 aliphatic carbocycles. The number of sulfonamides is 1. The van der Waals surface area contributed by atoms with Gasteiger partial charge in [-0.2, -0.15) is 0 Å². The van der Waals surface area contributed by atoms with Gasteiger partial charge in [-0.15, -0.1) is 0 Å². The minimum Gasteiger partial charge on any atom is -0.506 e. The number of amides is 1. The number of benzene rings is 2. The van der Waals surface area contributed by atoms with Gasteiger partial charge in [0.05, 0.1) is 10.6 Å². The molecule has 0 atom stereocenters. The Kier molecular flexibility index (Phi) is 4.75. The van der Waals surface area contributed by atoms with Gasteiger partial charge >= 0.3 is 0 Å². The fraction of sp³-hybridized carbons (Fsp3) is 0.133. The number of hydrogen-bond acceptors (Lipinski definition) is 5. The summed E-state index contributed by atoms with van der Waals surface area (Å²) in [6.45, 7) is 1.72. The van der Waals surface area contributed by atoms with Crippen molar-refractivity contribution in [2.75, 3.05) is 15.8 Å². The molecule has 0 bridgehead atoms. The van der Waals surface area contributed by atoms with Crippen molar-refractivity contribution in [2.45, 2.75) is 18.2 Å². The van der Waals surface area contributed by atoms with E-state index in [1.165, 1.54) is 42.5 Å². The smallest absolute Gasteiger partial charge is 0.262 e. The lowest BCUT2D eigenvalue weighted by Gasteiger charge is -2.11. The minimum absolute atomic E-state index is 0.00298. The monoisotopic (exact) mass is 335 g/mol. The Morgan fingerprint density at radius 1 is 1.17 bits per heavy atom. The van der Waals surface area contributed by atoms with Crippen LogP contribution >= 0.6 is 0 Å². The molecule has 0 spiro atoms. The first-order valence-corrected chi connectivity index (χ1v) is 8.31. The highest BCUT2D eigenvalue weighted by Crippen LogP contribution is 2.28. The Bertz CT molecular complexity index is 817. The van der Waals surface area contributed by atoms with Crippen molar-refractivity contribution in [1.29, 1.82) is 0 Å². The van der Waals surface area contributed by atoms with Crippen LogP contribution in [0.4, 0.5) is 17.1 Å². The van der Waals surface area contributed by atoms with Gasteiger partial charge < -0.3 is 16.2 Å². The molecular formula is C15H17N3O4S. The SMILES string of the molecule is CCC(=O)Nc1ccc(S(=O)(=O)Nc2ccc(N)cc2O)cc1. The molecule has 0 aliphatic heterocycles. The van der Waals surface area contributed by atoms with E-state index in [4.69, 9.17) is 5.73 Å². The zero-order valence-electron chi connectivity index (χ0n) is 12.4. The summed E-state index contributed by atoms with van der Waals surface area (Å²) in [5.41, 5.74) is 6.36. The molecule has 0 heterocycles. The number of rotatable bonds is 5. The van der Waals surface area contributed by atoms with Crippen LogP contribution in [0.1, 0.15) is 13.3 Å². The number of carbonyl (C=O) groups excluding carboxylic acids is 1. The van der Waals surface area contributed by atoms with Crippen molar-refractivity contribution in [2.24, 2.45) is 0 Å². The second kappa shape index (κ2) is 6.57. The van der Waals surface area contributed by atoms with Crippen LogP contribution in [0, 0.1) is 0 Å². The van der Waals surface area contributed by atoms with E-state index >= 15 is 0 Å². The molecule has 5 N–H and O–H groups in total. The lowest BCUT2D eigenvalue weighted by atomic mass is 10.3. The van der Waals surface area contributed by atoms with Crippen LogP contribution in [0.25, 0.3) is 0 Å². The molecular weight excluding hydrogens is 318 g/mol. The van der Waals surface area contributed by atoms with E-state index < -0.39 is 10.0 Å². The van der Waals surface area contributed by atoms with Gasteiger partial charge in [-0.25, -0.2) is 8.42 Å². The predicted molar refractivity (Wildman–Crippen MR) is 88.7 cm³/mol. The number of phenolic OH excluding ortho intramolecular Hbond substituents is 1. The summed E-state index contributed by atoms with van der Waals surface area (Å²) in [6.07, 6.45) is 0.331. The Morgan fingerprint density at radius 3 is 2.39 bits per heavy atom.